The van der Waals surface area contributed by atoms with Crippen LogP contribution >= 0.6 is 23.2 Å². The zero-order valence-electron chi connectivity index (χ0n) is 11.5. The zero-order chi connectivity index (χ0) is 14.5. The molecular weight excluding hydrogens is 293 g/mol. The number of halogens is 2. The van der Waals surface area contributed by atoms with Gasteiger partial charge in [-0.15, -0.1) is 0 Å². The highest BCUT2D eigenvalue weighted by Crippen LogP contribution is 2.25. The fourth-order valence-corrected chi connectivity index (χ4v) is 2.42. The van der Waals surface area contributed by atoms with Gasteiger partial charge in [0, 0.05) is 11.6 Å². The van der Waals surface area contributed by atoms with Crippen LogP contribution in [0.5, 0.6) is 5.75 Å². The number of anilines is 1. The summed E-state index contributed by atoms with van der Waals surface area (Å²) in [6.07, 6.45) is 0. The molecule has 4 heteroatoms. The smallest absolute Gasteiger partial charge is 0.122 e. The molecule has 106 valence electrons. The first-order chi connectivity index (χ1) is 9.56. The number of aryl methyl sites for hydroxylation is 2. The maximum Gasteiger partial charge on any atom is 0.122 e. The lowest BCUT2D eigenvalue weighted by Crippen LogP contribution is -2.12. The number of hydrogen-bond acceptors (Lipinski definition) is 2. The van der Waals surface area contributed by atoms with Gasteiger partial charge in [-0.2, -0.15) is 0 Å². The molecule has 0 atom stereocenters. The van der Waals surface area contributed by atoms with Crippen LogP contribution in [0, 0.1) is 13.8 Å². The molecule has 0 fully saturated rings. The highest BCUT2D eigenvalue weighted by atomic mass is 35.5. The van der Waals surface area contributed by atoms with Crippen molar-refractivity contribution in [3.8, 4) is 5.75 Å². The fraction of sp³-hybridized carbons (Fsp3) is 0.250. The molecule has 0 bridgehead atoms. The predicted molar refractivity (Wildman–Crippen MR) is 86.4 cm³/mol. The summed E-state index contributed by atoms with van der Waals surface area (Å²) in [4.78, 5) is 0. The Bertz CT molecular complexity index is 546. The van der Waals surface area contributed by atoms with E-state index in [1.165, 1.54) is 5.56 Å². The monoisotopic (exact) mass is 309 g/mol. The van der Waals surface area contributed by atoms with Crippen LogP contribution in [0.2, 0.25) is 10.0 Å². The summed E-state index contributed by atoms with van der Waals surface area (Å²) in [5, 5.41) is 4.47. The van der Waals surface area contributed by atoms with E-state index < -0.39 is 0 Å². The van der Waals surface area contributed by atoms with Crippen LogP contribution in [-0.2, 0) is 0 Å². The van der Waals surface area contributed by atoms with Gasteiger partial charge in [-0.1, -0.05) is 40.9 Å². The minimum Gasteiger partial charge on any atom is -0.491 e. The molecule has 0 radical (unpaired) electrons. The van der Waals surface area contributed by atoms with Crippen LogP contribution in [0.1, 0.15) is 11.1 Å². The van der Waals surface area contributed by atoms with Gasteiger partial charge in [0.15, 0.2) is 0 Å². The Morgan fingerprint density at radius 1 is 1.05 bits per heavy atom. The molecule has 20 heavy (non-hydrogen) atoms. The Hall–Kier alpha value is -1.38. The number of rotatable bonds is 5. The van der Waals surface area contributed by atoms with E-state index in [0.29, 0.717) is 23.2 Å². The lowest BCUT2D eigenvalue weighted by Gasteiger charge is -2.12. The SMILES string of the molecule is Cc1ccc(OCCNc2ccc(Cl)cc2Cl)c(C)c1. The molecule has 0 aromatic heterocycles. The van der Waals surface area contributed by atoms with Gasteiger partial charge in [0.05, 0.1) is 10.7 Å². The first-order valence-electron chi connectivity index (χ1n) is 6.45. The predicted octanol–water partition coefficient (Wildman–Crippen LogP) is 5.10. The number of benzene rings is 2. The molecule has 1 N–H and O–H groups in total. The average Bonchev–Trinajstić information content (AvgIpc) is 2.39. The Morgan fingerprint density at radius 3 is 2.55 bits per heavy atom. The average molecular weight is 310 g/mol. The summed E-state index contributed by atoms with van der Waals surface area (Å²) in [6.45, 7) is 5.37. The van der Waals surface area contributed by atoms with E-state index in [1.54, 1.807) is 12.1 Å². The molecule has 0 unspecified atom stereocenters. The maximum atomic E-state index is 6.08. The number of ether oxygens (including phenoxy) is 1. The van der Waals surface area contributed by atoms with Gasteiger partial charge in [-0.3, -0.25) is 0 Å². The van der Waals surface area contributed by atoms with Gasteiger partial charge in [0.2, 0.25) is 0 Å². The third-order valence-electron chi connectivity index (χ3n) is 2.94. The Morgan fingerprint density at radius 2 is 1.85 bits per heavy atom. The summed E-state index contributed by atoms with van der Waals surface area (Å²) in [5.41, 5.74) is 3.25. The van der Waals surface area contributed by atoms with Crippen molar-refractivity contribution in [1.29, 1.82) is 0 Å². The Kier molecular flexibility index (Phi) is 5.16. The largest absolute Gasteiger partial charge is 0.491 e. The minimum absolute atomic E-state index is 0.572. The molecule has 0 saturated carbocycles. The molecule has 0 aliphatic rings. The van der Waals surface area contributed by atoms with Gasteiger partial charge in [0.25, 0.3) is 0 Å². The van der Waals surface area contributed by atoms with Crippen molar-refractivity contribution in [2.75, 3.05) is 18.5 Å². The summed E-state index contributed by atoms with van der Waals surface area (Å²) in [5.74, 6) is 0.916. The fourth-order valence-electron chi connectivity index (χ4n) is 1.94. The van der Waals surface area contributed by atoms with Crippen LogP contribution in [-0.4, -0.2) is 13.2 Å². The Balaban J connectivity index is 1.84. The van der Waals surface area contributed by atoms with Crippen LogP contribution < -0.4 is 10.1 Å². The van der Waals surface area contributed by atoms with Crippen molar-refractivity contribution < 1.29 is 4.74 Å². The topological polar surface area (TPSA) is 21.3 Å². The first kappa shape index (κ1) is 15.0. The van der Waals surface area contributed by atoms with Gasteiger partial charge in [0.1, 0.15) is 12.4 Å². The summed E-state index contributed by atoms with van der Waals surface area (Å²) < 4.78 is 5.75. The number of nitrogens with one attached hydrogen (secondary N) is 1. The second-order valence-electron chi connectivity index (χ2n) is 4.67. The summed E-state index contributed by atoms with van der Waals surface area (Å²) >= 11 is 11.9. The number of hydrogen-bond donors (Lipinski definition) is 1. The van der Waals surface area contributed by atoms with Crippen LogP contribution in [0.3, 0.4) is 0 Å². The van der Waals surface area contributed by atoms with Crippen molar-refractivity contribution in [2.24, 2.45) is 0 Å². The van der Waals surface area contributed by atoms with E-state index in [1.807, 2.05) is 25.1 Å². The molecule has 0 spiro atoms. The zero-order valence-corrected chi connectivity index (χ0v) is 13.1. The van der Waals surface area contributed by atoms with Crippen molar-refractivity contribution in [2.45, 2.75) is 13.8 Å². The standard InChI is InChI=1S/C16H17Cl2NO/c1-11-3-6-16(12(2)9-11)20-8-7-19-15-5-4-13(17)10-14(15)18/h3-6,9-10,19H,7-8H2,1-2H3. The van der Waals surface area contributed by atoms with E-state index in [4.69, 9.17) is 27.9 Å². The molecule has 2 rings (SSSR count). The van der Waals surface area contributed by atoms with E-state index in [2.05, 4.69) is 18.3 Å². The van der Waals surface area contributed by atoms with Crippen LogP contribution in [0.15, 0.2) is 36.4 Å². The summed E-state index contributed by atoms with van der Waals surface area (Å²) in [7, 11) is 0. The normalized spacial score (nSPS) is 10.4. The van der Waals surface area contributed by atoms with Crippen molar-refractivity contribution in [3.63, 3.8) is 0 Å². The molecule has 0 aliphatic heterocycles. The van der Waals surface area contributed by atoms with Gasteiger partial charge in [-0.05, 0) is 43.7 Å². The van der Waals surface area contributed by atoms with Crippen LogP contribution in [0.4, 0.5) is 5.69 Å². The van der Waals surface area contributed by atoms with Gasteiger partial charge < -0.3 is 10.1 Å². The second kappa shape index (κ2) is 6.87. The highest BCUT2D eigenvalue weighted by molar-refractivity contribution is 6.36. The summed E-state index contributed by atoms with van der Waals surface area (Å²) in [6, 6.07) is 11.5. The van der Waals surface area contributed by atoms with E-state index in [-0.39, 0.29) is 0 Å². The van der Waals surface area contributed by atoms with Crippen molar-refractivity contribution in [1.82, 2.24) is 0 Å². The molecule has 0 heterocycles. The molecular formula is C16H17Cl2NO. The molecule has 0 aliphatic carbocycles. The highest BCUT2D eigenvalue weighted by Gasteiger charge is 2.02. The van der Waals surface area contributed by atoms with Gasteiger partial charge in [-0.25, -0.2) is 0 Å². The lowest BCUT2D eigenvalue weighted by atomic mass is 10.1. The molecule has 2 aromatic rings. The quantitative estimate of drug-likeness (QED) is 0.776. The van der Waals surface area contributed by atoms with E-state index in [9.17, 15) is 0 Å². The molecule has 0 saturated heterocycles. The van der Waals surface area contributed by atoms with Crippen LogP contribution in [0.25, 0.3) is 0 Å². The maximum absolute atomic E-state index is 6.08. The Labute approximate surface area is 129 Å². The third-order valence-corrected chi connectivity index (χ3v) is 3.48. The first-order valence-corrected chi connectivity index (χ1v) is 7.21. The molecule has 2 nitrogen and oxygen atoms in total. The molecule has 0 amide bonds. The van der Waals surface area contributed by atoms with Crippen molar-refractivity contribution in [3.05, 3.63) is 57.6 Å². The third kappa shape index (κ3) is 4.06. The minimum atomic E-state index is 0.572. The van der Waals surface area contributed by atoms with Gasteiger partial charge >= 0.3 is 0 Å². The molecule has 2 aromatic carbocycles. The van der Waals surface area contributed by atoms with E-state index in [0.717, 1.165) is 17.0 Å². The lowest BCUT2D eigenvalue weighted by molar-refractivity contribution is 0.330. The second-order valence-corrected chi connectivity index (χ2v) is 5.51. The van der Waals surface area contributed by atoms with Crippen molar-refractivity contribution >= 4 is 28.9 Å². The van der Waals surface area contributed by atoms with E-state index >= 15 is 0 Å².